The number of allylic oxidation sites excluding steroid dienone is 1. The Bertz CT molecular complexity index is 861. The molecule has 2 rings (SSSR count). The van der Waals surface area contributed by atoms with Gasteiger partial charge in [-0.05, 0) is 45.0 Å². The molecule has 6 nitrogen and oxygen atoms in total. The monoisotopic (exact) mass is 330 g/mol. The van der Waals surface area contributed by atoms with Crippen LogP contribution in [0.5, 0.6) is 11.5 Å². The number of carbonyl (C=O) groups excluding carboxylic acids is 1. The lowest BCUT2D eigenvalue weighted by Gasteiger charge is -2.16. The predicted octanol–water partition coefficient (Wildman–Crippen LogP) is 2.87. The number of hydrogen-bond donors (Lipinski definition) is 1. The third-order valence-electron chi connectivity index (χ3n) is 3.48. The molecule has 0 spiro atoms. The molecule has 0 aliphatic heterocycles. The van der Waals surface area contributed by atoms with E-state index in [-0.39, 0.29) is 18.1 Å². The van der Waals surface area contributed by atoms with Gasteiger partial charge >= 0.3 is 5.97 Å². The minimum Gasteiger partial charge on any atom is -0.485 e. The summed E-state index contributed by atoms with van der Waals surface area (Å²) in [4.78, 5) is 24.2. The molecular formula is C18H22N2O4. The van der Waals surface area contributed by atoms with Gasteiger partial charge in [0.15, 0.2) is 5.75 Å². The fraction of sp³-hybridized carbons (Fsp3) is 0.333. The van der Waals surface area contributed by atoms with Gasteiger partial charge in [0, 0.05) is 24.5 Å². The summed E-state index contributed by atoms with van der Waals surface area (Å²) >= 11 is 0. The molecule has 1 heterocycles. The van der Waals surface area contributed by atoms with Crippen molar-refractivity contribution in [1.82, 2.24) is 4.57 Å². The van der Waals surface area contributed by atoms with Crippen LogP contribution in [0.25, 0.3) is 10.9 Å². The van der Waals surface area contributed by atoms with Gasteiger partial charge in [0.1, 0.15) is 6.61 Å². The highest BCUT2D eigenvalue weighted by Crippen LogP contribution is 2.34. The third kappa shape index (κ3) is 3.59. The van der Waals surface area contributed by atoms with Crippen molar-refractivity contribution in [3.05, 3.63) is 40.2 Å². The van der Waals surface area contributed by atoms with Crippen LogP contribution in [0.2, 0.25) is 0 Å². The molecule has 2 aromatic rings. The summed E-state index contributed by atoms with van der Waals surface area (Å²) in [6.07, 6.45) is 1.88. The van der Waals surface area contributed by atoms with Crippen LogP contribution in [0.3, 0.4) is 0 Å². The number of carbonyl (C=O) groups is 1. The number of aryl methyl sites for hydroxylation is 1. The quantitative estimate of drug-likeness (QED) is 0.518. The summed E-state index contributed by atoms with van der Waals surface area (Å²) in [7, 11) is 0. The van der Waals surface area contributed by atoms with E-state index in [0.717, 1.165) is 5.57 Å². The molecule has 1 aromatic heterocycles. The molecule has 0 atom stereocenters. The number of anilines is 1. The maximum atomic E-state index is 12.7. The Morgan fingerprint density at radius 1 is 1.25 bits per heavy atom. The van der Waals surface area contributed by atoms with E-state index in [1.807, 2.05) is 26.8 Å². The number of nitrogens with zero attached hydrogens (tertiary/aromatic N) is 1. The van der Waals surface area contributed by atoms with Crippen LogP contribution in [-0.2, 0) is 11.3 Å². The van der Waals surface area contributed by atoms with Gasteiger partial charge in [0.05, 0.1) is 5.52 Å². The van der Waals surface area contributed by atoms with E-state index in [1.54, 1.807) is 18.2 Å². The van der Waals surface area contributed by atoms with Gasteiger partial charge in [-0.1, -0.05) is 5.57 Å². The van der Waals surface area contributed by atoms with E-state index < -0.39 is 11.5 Å². The van der Waals surface area contributed by atoms with Gasteiger partial charge in [-0.25, -0.2) is 0 Å². The fourth-order valence-electron chi connectivity index (χ4n) is 2.40. The van der Waals surface area contributed by atoms with Crippen LogP contribution in [-0.4, -0.2) is 17.1 Å². The van der Waals surface area contributed by atoms with Gasteiger partial charge in [-0.3, -0.25) is 9.59 Å². The third-order valence-corrected chi connectivity index (χ3v) is 3.48. The summed E-state index contributed by atoms with van der Waals surface area (Å²) in [6, 6.07) is 5.20. The van der Waals surface area contributed by atoms with E-state index >= 15 is 0 Å². The molecule has 0 amide bonds. The van der Waals surface area contributed by atoms with Crippen molar-refractivity contribution in [2.75, 3.05) is 12.3 Å². The Labute approximate surface area is 140 Å². The van der Waals surface area contributed by atoms with Crippen LogP contribution >= 0.6 is 0 Å². The van der Waals surface area contributed by atoms with Crippen LogP contribution in [0, 0.1) is 0 Å². The molecule has 0 aliphatic rings. The van der Waals surface area contributed by atoms with Gasteiger partial charge in [0.2, 0.25) is 5.75 Å². The maximum absolute atomic E-state index is 12.7. The number of nitrogen functional groups attached to an aromatic ring is 1. The molecule has 0 fully saturated rings. The smallest absolute Gasteiger partial charge is 0.308 e. The Balaban J connectivity index is 2.76. The number of fused-ring (bicyclic) bond motifs is 1. The number of rotatable bonds is 5. The second-order valence-corrected chi connectivity index (χ2v) is 5.67. The highest BCUT2D eigenvalue weighted by molar-refractivity contribution is 5.90. The largest absolute Gasteiger partial charge is 0.485 e. The van der Waals surface area contributed by atoms with E-state index in [2.05, 4.69) is 0 Å². The molecule has 0 saturated heterocycles. The molecular weight excluding hydrogens is 308 g/mol. The normalized spacial score (nSPS) is 10.5. The first-order valence-electron chi connectivity index (χ1n) is 7.75. The van der Waals surface area contributed by atoms with E-state index in [4.69, 9.17) is 15.2 Å². The molecule has 0 bridgehead atoms. The molecule has 0 unspecified atom stereocenters. The van der Waals surface area contributed by atoms with Gasteiger partial charge < -0.3 is 19.8 Å². The summed E-state index contributed by atoms with van der Waals surface area (Å²) in [6.45, 7) is 7.68. The number of nitrogens with two attached hydrogens (primary N) is 1. The number of aromatic nitrogens is 1. The van der Waals surface area contributed by atoms with Gasteiger partial charge in [0.25, 0.3) is 5.56 Å². The topological polar surface area (TPSA) is 83.5 Å². The molecule has 2 N–H and O–H groups in total. The zero-order valence-electron chi connectivity index (χ0n) is 14.4. The molecule has 1 aromatic carbocycles. The molecule has 0 aliphatic carbocycles. The second-order valence-electron chi connectivity index (χ2n) is 5.67. The number of esters is 1. The van der Waals surface area contributed by atoms with Crippen LogP contribution in [0.15, 0.2) is 34.6 Å². The summed E-state index contributed by atoms with van der Waals surface area (Å²) < 4.78 is 12.5. The standard InChI is InChI=1S/C18H22N2O4/c1-5-20-15-10-13(19)6-7-14(15)16(23-9-8-11(2)3)17(18(20)22)24-12(4)21/h6-8,10H,5,9,19H2,1-4H3. The van der Waals surface area contributed by atoms with Crippen molar-refractivity contribution in [2.24, 2.45) is 0 Å². The SMILES string of the molecule is CCn1c(=O)c(OC(C)=O)c(OCC=C(C)C)c2ccc(N)cc21. The van der Waals surface area contributed by atoms with Gasteiger partial charge in [-0.15, -0.1) is 0 Å². The lowest BCUT2D eigenvalue weighted by molar-refractivity contribution is -0.132. The second kappa shape index (κ2) is 7.21. The van der Waals surface area contributed by atoms with Crippen molar-refractivity contribution in [2.45, 2.75) is 34.2 Å². The van der Waals surface area contributed by atoms with Crippen molar-refractivity contribution >= 4 is 22.6 Å². The Morgan fingerprint density at radius 3 is 2.54 bits per heavy atom. The number of ether oxygens (including phenoxy) is 2. The Morgan fingerprint density at radius 2 is 1.96 bits per heavy atom. The first-order valence-corrected chi connectivity index (χ1v) is 7.75. The lowest BCUT2D eigenvalue weighted by atomic mass is 10.1. The average Bonchev–Trinajstić information content (AvgIpc) is 2.50. The lowest BCUT2D eigenvalue weighted by Crippen LogP contribution is -2.24. The minimum absolute atomic E-state index is 0.0937. The summed E-state index contributed by atoms with van der Waals surface area (Å²) in [5.41, 5.74) is 7.70. The molecule has 24 heavy (non-hydrogen) atoms. The molecule has 6 heteroatoms. The summed E-state index contributed by atoms with van der Waals surface area (Å²) in [5.74, 6) is -0.409. The van der Waals surface area contributed by atoms with Crippen LogP contribution < -0.4 is 20.8 Å². The van der Waals surface area contributed by atoms with E-state index in [1.165, 1.54) is 11.5 Å². The first kappa shape index (κ1) is 17.6. The highest BCUT2D eigenvalue weighted by Gasteiger charge is 2.20. The highest BCUT2D eigenvalue weighted by atomic mass is 16.6. The number of hydrogen-bond acceptors (Lipinski definition) is 5. The average molecular weight is 330 g/mol. The zero-order chi connectivity index (χ0) is 17.9. The van der Waals surface area contributed by atoms with E-state index in [9.17, 15) is 9.59 Å². The predicted molar refractivity (Wildman–Crippen MR) is 94.5 cm³/mol. The number of pyridine rings is 1. The van der Waals surface area contributed by atoms with Gasteiger partial charge in [-0.2, -0.15) is 0 Å². The van der Waals surface area contributed by atoms with Crippen LogP contribution in [0.4, 0.5) is 5.69 Å². The molecule has 128 valence electrons. The fourth-order valence-corrected chi connectivity index (χ4v) is 2.40. The summed E-state index contributed by atoms with van der Waals surface area (Å²) in [5, 5.41) is 0.670. The minimum atomic E-state index is -0.573. The van der Waals surface area contributed by atoms with E-state index in [0.29, 0.717) is 23.1 Å². The molecule has 0 radical (unpaired) electrons. The van der Waals surface area contributed by atoms with Crippen molar-refractivity contribution < 1.29 is 14.3 Å². The Kier molecular flexibility index (Phi) is 5.28. The van der Waals surface area contributed by atoms with Crippen molar-refractivity contribution in [1.29, 1.82) is 0 Å². The van der Waals surface area contributed by atoms with Crippen LogP contribution in [0.1, 0.15) is 27.7 Å². The molecule has 0 saturated carbocycles. The Hall–Kier alpha value is -2.76. The van der Waals surface area contributed by atoms with Crippen molar-refractivity contribution in [3.63, 3.8) is 0 Å². The van der Waals surface area contributed by atoms with Crippen molar-refractivity contribution in [3.8, 4) is 11.5 Å². The zero-order valence-corrected chi connectivity index (χ0v) is 14.4. The number of benzene rings is 1. The first-order chi connectivity index (χ1) is 11.3. The maximum Gasteiger partial charge on any atom is 0.308 e.